The topological polar surface area (TPSA) is 97.0 Å². The number of nitrogens with one attached hydrogen (secondary N) is 2. The van der Waals surface area contributed by atoms with Gasteiger partial charge in [0.05, 0.1) is 30.4 Å². The maximum absolute atomic E-state index is 12.8. The zero-order chi connectivity index (χ0) is 22.3. The Balaban J connectivity index is 1.73. The van der Waals surface area contributed by atoms with Crippen LogP contribution in [0.3, 0.4) is 0 Å². The Labute approximate surface area is 187 Å². The molecule has 0 unspecified atom stereocenters. The fraction of sp³-hybridized carbons (Fsp3) is 0.381. The number of hydrogen-bond donors (Lipinski definition) is 2. The van der Waals surface area contributed by atoms with E-state index in [0.717, 1.165) is 13.1 Å². The first-order chi connectivity index (χ1) is 14.9. The van der Waals surface area contributed by atoms with E-state index in [-0.39, 0.29) is 17.1 Å². The van der Waals surface area contributed by atoms with Crippen LogP contribution in [0.2, 0.25) is 5.02 Å². The summed E-state index contributed by atoms with van der Waals surface area (Å²) in [5.74, 6) is -0.00970. The summed E-state index contributed by atoms with van der Waals surface area (Å²) < 4.78 is 39.0. The molecule has 0 radical (unpaired) electrons. The fourth-order valence-electron chi connectivity index (χ4n) is 3.10. The van der Waals surface area contributed by atoms with Crippen LogP contribution < -0.4 is 14.8 Å². The minimum absolute atomic E-state index is 0.0457. The molecule has 0 saturated carbocycles. The number of morpholine rings is 1. The summed E-state index contributed by atoms with van der Waals surface area (Å²) in [6.07, 6.45) is 0. The van der Waals surface area contributed by atoms with Gasteiger partial charge in [0.15, 0.2) is 0 Å². The lowest BCUT2D eigenvalue weighted by atomic mass is 10.2. The predicted octanol–water partition coefficient (Wildman–Crippen LogP) is 2.60. The summed E-state index contributed by atoms with van der Waals surface area (Å²) in [6.45, 7) is 5.93. The first kappa shape index (κ1) is 23.5. The molecule has 0 atom stereocenters. The molecular formula is C21H26ClN3O5S. The summed E-state index contributed by atoms with van der Waals surface area (Å²) in [5, 5.41) is 3.25. The molecule has 1 fully saturated rings. The van der Waals surface area contributed by atoms with Crippen LogP contribution in [0.1, 0.15) is 17.3 Å². The smallest absolute Gasteiger partial charge is 0.255 e. The Morgan fingerprint density at radius 3 is 2.55 bits per heavy atom. The number of nitrogens with zero attached hydrogens (tertiary/aromatic N) is 1. The SMILES string of the molecule is CCOc1ccc(S(=O)(=O)NCCN2CCOCC2)cc1NC(=O)c1ccc(Cl)cc1. The van der Waals surface area contributed by atoms with Crippen molar-refractivity contribution < 1.29 is 22.7 Å². The van der Waals surface area contributed by atoms with E-state index in [0.29, 0.717) is 42.7 Å². The molecule has 8 nitrogen and oxygen atoms in total. The zero-order valence-electron chi connectivity index (χ0n) is 17.3. The molecule has 3 rings (SSSR count). The first-order valence-corrected chi connectivity index (χ1v) is 11.9. The molecule has 31 heavy (non-hydrogen) atoms. The van der Waals surface area contributed by atoms with E-state index in [1.807, 2.05) is 6.92 Å². The predicted molar refractivity (Wildman–Crippen MR) is 119 cm³/mol. The maximum Gasteiger partial charge on any atom is 0.255 e. The Bertz CT molecular complexity index is 993. The molecule has 1 aliphatic rings. The van der Waals surface area contributed by atoms with E-state index in [1.54, 1.807) is 24.3 Å². The maximum atomic E-state index is 12.8. The summed E-state index contributed by atoms with van der Waals surface area (Å²) in [4.78, 5) is 14.8. The van der Waals surface area contributed by atoms with Gasteiger partial charge in [-0.15, -0.1) is 0 Å². The Hall–Kier alpha value is -2.17. The van der Waals surface area contributed by atoms with Crippen LogP contribution in [0.25, 0.3) is 0 Å². The number of benzene rings is 2. The average molecular weight is 468 g/mol. The number of carbonyl (C=O) groups excluding carboxylic acids is 1. The van der Waals surface area contributed by atoms with E-state index in [9.17, 15) is 13.2 Å². The minimum atomic E-state index is -3.75. The van der Waals surface area contributed by atoms with Crippen LogP contribution in [-0.2, 0) is 14.8 Å². The quantitative estimate of drug-likeness (QED) is 0.588. The van der Waals surface area contributed by atoms with Crippen LogP contribution in [0.5, 0.6) is 5.75 Å². The molecule has 0 spiro atoms. The normalized spacial score (nSPS) is 14.9. The number of halogens is 1. The fourth-order valence-corrected chi connectivity index (χ4v) is 4.27. The van der Waals surface area contributed by atoms with Gasteiger partial charge in [-0.1, -0.05) is 11.6 Å². The monoisotopic (exact) mass is 467 g/mol. The second-order valence-electron chi connectivity index (χ2n) is 6.90. The van der Waals surface area contributed by atoms with Gasteiger partial charge in [-0.3, -0.25) is 9.69 Å². The summed E-state index contributed by atoms with van der Waals surface area (Å²) in [7, 11) is -3.75. The number of anilines is 1. The molecule has 1 heterocycles. The third-order valence-corrected chi connectivity index (χ3v) is 6.45. The van der Waals surface area contributed by atoms with Gasteiger partial charge >= 0.3 is 0 Å². The Morgan fingerprint density at radius 2 is 1.87 bits per heavy atom. The van der Waals surface area contributed by atoms with Crippen LogP contribution in [-0.4, -0.2) is 65.2 Å². The lowest BCUT2D eigenvalue weighted by Crippen LogP contribution is -2.41. The van der Waals surface area contributed by atoms with E-state index < -0.39 is 15.9 Å². The van der Waals surface area contributed by atoms with Crippen LogP contribution in [0.4, 0.5) is 5.69 Å². The molecule has 168 valence electrons. The molecule has 10 heteroatoms. The Morgan fingerprint density at radius 1 is 1.16 bits per heavy atom. The second kappa shape index (κ2) is 10.9. The van der Waals surface area contributed by atoms with Gasteiger partial charge < -0.3 is 14.8 Å². The van der Waals surface area contributed by atoms with Crippen LogP contribution >= 0.6 is 11.6 Å². The molecule has 0 aliphatic carbocycles. The molecule has 0 aromatic heterocycles. The van der Waals surface area contributed by atoms with Crippen molar-refractivity contribution in [2.75, 3.05) is 51.3 Å². The van der Waals surface area contributed by atoms with Crippen molar-refractivity contribution in [3.05, 3.63) is 53.1 Å². The number of sulfonamides is 1. The van der Waals surface area contributed by atoms with E-state index in [4.69, 9.17) is 21.1 Å². The third kappa shape index (κ3) is 6.65. The largest absolute Gasteiger partial charge is 0.492 e. The van der Waals surface area contributed by atoms with Crippen LogP contribution in [0, 0.1) is 0 Å². The summed E-state index contributed by atoms with van der Waals surface area (Å²) in [5.41, 5.74) is 0.668. The van der Waals surface area contributed by atoms with E-state index in [1.165, 1.54) is 18.2 Å². The molecule has 1 aliphatic heterocycles. The molecule has 2 aromatic rings. The molecule has 0 bridgehead atoms. The van der Waals surface area contributed by atoms with Gasteiger partial charge in [0.25, 0.3) is 5.91 Å². The van der Waals surface area contributed by atoms with Gasteiger partial charge in [0, 0.05) is 36.8 Å². The molecule has 2 N–H and O–H groups in total. The number of hydrogen-bond acceptors (Lipinski definition) is 6. The van der Waals surface area contributed by atoms with Crippen molar-refractivity contribution in [2.45, 2.75) is 11.8 Å². The highest BCUT2D eigenvalue weighted by Crippen LogP contribution is 2.28. The standard InChI is InChI=1S/C21H26ClN3O5S/c1-2-30-20-8-7-18(31(27,28)23-9-10-25-11-13-29-14-12-25)15-19(20)24-21(26)16-3-5-17(22)6-4-16/h3-8,15,23H,2,9-14H2,1H3,(H,24,26). The second-order valence-corrected chi connectivity index (χ2v) is 9.11. The number of amides is 1. The van der Waals surface area contributed by atoms with E-state index in [2.05, 4.69) is 14.9 Å². The van der Waals surface area contributed by atoms with Crippen molar-refractivity contribution in [1.82, 2.24) is 9.62 Å². The van der Waals surface area contributed by atoms with E-state index >= 15 is 0 Å². The molecule has 1 saturated heterocycles. The highest BCUT2D eigenvalue weighted by atomic mass is 35.5. The van der Waals surface area contributed by atoms with Gasteiger partial charge in [-0.25, -0.2) is 13.1 Å². The van der Waals surface area contributed by atoms with Crippen LogP contribution in [0.15, 0.2) is 47.4 Å². The van der Waals surface area contributed by atoms with Gasteiger partial charge in [0.1, 0.15) is 5.75 Å². The van der Waals surface area contributed by atoms with Crippen molar-refractivity contribution in [3.8, 4) is 5.75 Å². The highest BCUT2D eigenvalue weighted by molar-refractivity contribution is 7.89. The highest BCUT2D eigenvalue weighted by Gasteiger charge is 2.19. The lowest BCUT2D eigenvalue weighted by Gasteiger charge is -2.26. The van der Waals surface area contributed by atoms with Gasteiger partial charge in [-0.05, 0) is 49.4 Å². The van der Waals surface area contributed by atoms with Gasteiger partial charge in [-0.2, -0.15) is 0 Å². The van der Waals surface area contributed by atoms with Crippen molar-refractivity contribution in [2.24, 2.45) is 0 Å². The van der Waals surface area contributed by atoms with Gasteiger partial charge in [0.2, 0.25) is 10.0 Å². The number of ether oxygens (including phenoxy) is 2. The summed E-state index contributed by atoms with van der Waals surface area (Å²) >= 11 is 5.87. The van der Waals surface area contributed by atoms with Crippen molar-refractivity contribution in [1.29, 1.82) is 0 Å². The third-order valence-electron chi connectivity index (χ3n) is 4.74. The first-order valence-electron chi connectivity index (χ1n) is 10.0. The molecule has 2 aromatic carbocycles. The average Bonchev–Trinajstić information content (AvgIpc) is 2.76. The summed E-state index contributed by atoms with van der Waals surface area (Å²) in [6, 6.07) is 10.8. The minimum Gasteiger partial charge on any atom is -0.492 e. The van der Waals surface area contributed by atoms with Crippen molar-refractivity contribution >= 4 is 33.2 Å². The van der Waals surface area contributed by atoms with Crippen molar-refractivity contribution in [3.63, 3.8) is 0 Å². The Kier molecular flexibility index (Phi) is 8.28. The molecular weight excluding hydrogens is 442 g/mol. The zero-order valence-corrected chi connectivity index (χ0v) is 18.8. The molecule has 1 amide bonds. The lowest BCUT2D eigenvalue weighted by molar-refractivity contribution is 0.0390. The number of carbonyl (C=O) groups is 1. The number of rotatable bonds is 9.